The van der Waals surface area contributed by atoms with Crippen LogP contribution < -0.4 is 14.4 Å². The molecular weight excluding hydrogens is 819 g/mol. The predicted octanol–water partition coefficient (Wildman–Crippen LogP) is 9.78. The molecule has 338 valence electrons. The van der Waals surface area contributed by atoms with Crippen molar-refractivity contribution in [3.8, 4) is 34.6 Å². The van der Waals surface area contributed by atoms with Crippen molar-refractivity contribution in [1.29, 1.82) is 0 Å². The van der Waals surface area contributed by atoms with Gasteiger partial charge in [0, 0.05) is 43.0 Å². The van der Waals surface area contributed by atoms with Crippen molar-refractivity contribution < 1.29 is 32.5 Å². The van der Waals surface area contributed by atoms with Gasteiger partial charge in [0.05, 0.1) is 43.5 Å². The minimum Gasteiger partial charge on any atom is -0.472 e. The molecule has 0 radical (unpaired) electrons. The molecule has 1 amide bonds. The zero-order valence-electron chi connectivity index (χ0n) is 38.8. The number of anilines is 1. The van der Waals surface area contributed by atoms with Gasteiger partial charge in [-0.25, -0.2) is 18.6 Å². The third-order valence-corrected chi connectivity index (χ3v) is 20.1. The highest BCUT2D eigenvalue weighted by Crippen LogP contribution is 2.48. The highest BCUT2D eigenvalue weighted by molar-refractivity contribution is 6.90. The lowest BCUT2D eigenvalue weighted by Gasteiger charge is -2.48. The lowest BCUT2D eigenvalue weighted by molar-refractivity contribution is 0.000937. The second-order valence-corrected chi connectivity index (χ2v) is 25.7. The Balaban J connectivity index is 1.29. The molecule has 4 aromatic rings. The summed E-state index contributed by atoms with van der Waals surface area (Å²) in [5.41, 5.74) is 4.59. The van der Waals surface area contributed by atoms with Gasteiger partial charge in [0.1, 0.15) is 48.0 Å². The summed E-state index contributed by atoms with van der Waals surface area (Å²) in [4.78, 5) is 35.0. The molecule has 3 fully saturated rings. The largest absolute Gasteiger partial charge is 0.472 e. The minimum atomic E-state index is -2.29. The number of pyridine rings is 1. The third kappa shape index (κ3) is 8.34. The number of rotatable bonds is 9. The molecule has 0 aliphatic carbocycles. The molecule has 0 unspecified atom stereocenters. The van der Waals surface area contributed by atoms with Crippen LogP contribution in [0.5, 0.6) is 11.9 Å². The fourth-order valence-electron chi connectivity index (χ4n) is 11.0. The average Bonchev–Trinajstić information content (AvgIpc) is 3.47. The van der Waals surface area contributed by atoms with Gasteiger partial charge in [-0.1, -0.05) is 78.7 Å². The maximum Gasteiger partial charge on any atom is 0.410 e. The van der Waals surface area contributed by atoms with Crippen LogP contribution in [-0.4, -0.2) is 115 Å². The Morgan fingerprint density at radius 3 is 2.35 bits per heavy atom. The summed E-state index contributed by atoms with van der Waals surface area (Å²) in [7, 11) is -2.29. The summed E-state index contributed by atoms with van der Waals surface area (Å²) in [6, 6.07) is 7.87. The van der Waals surface area contributed by atoms with Crippen LogP contribution in [-0.2, 0) is 9.47 Å². The number of hydrogen-bond donors (Lipinski definition) is 0. The molecule has 4 aliphatic heterocycles. The first-order valence-electron chi connectivity index (χ1n) is 22.9. The van der Waals surface area contributed by atoms with Crippen LogP contribution in [0.4, 0.5) is 19.4 Å². The Bertz CT molecular complexity index is 2420. The molecule has 0 N–H and O–H groups in total. The number of nitrogens with zero attached hydrogens (tertiary/aromatic N) is 6. The van der Waals surface area contributed by atoms with Crippen molar-refractivity contribution in [2.45, 2.75) is 135 Å². The van der Waals surface area contributed by atoms with Crippen LogP contribution in [0.15, 0.2) is 30.3 Å². The van der Waals surface area contributed by atoms with Gasteiger partial charge in [0.2, 0.25) is 5.88 Å². The number of morpholine rings is 1. The Morgan fingerprint density at radius 1 is 0.952 bits per heavy atom. The van der Waals surface area contributed by atoms with E-state index < -0.39 is 31.4 Å². The van der Waals surface area contributed by atoms with E-state index in [9.17, 15) is 4.79 Å². The van der Waals surface area contributed by atoms with Crippen LogP contribution in [0.1, 0.15) is 94.6 Å². The van der Waals surface area contributed by atoms with Gasteiger partial charge in [-0.05, 0) is 68.6 Å². The predicted molar refractivity (Wildman–Crippen MR) is 246 cm³/mol. The molecule has 6 heterocycles. The van der Waals surface area contributed by atoms with E-state index in [1.54, 1.807) is 12.1 Å². The van der Waals surface area contributed by atoms with Crippen LogP contribution >= 0.6 is 0 Å². The lowest BCUT2D eigenvalue weighted by atomic mass is 9.96. The van der Waals surface area contributed by atoms with Crippen LogP contribution in [0.25, 0.3) is 32.9 Å². The van der Waals surface area contributed by atoms with E-state index in [4.69, 9.17) is 33.9 Å². The van der Waals surface area contributed by atoms with Gasteiger partial charge >= 0.3 is 12.1 Å². The van der Waals surface area contributed by atoms with E-state index in [0.717, 1.165) is 32.5 Å². The van der Waals surface area contributed by atoms with E-state index in [1.165, 1.54) is 6.07 Å². The average molecular weight is 883 g/mol. The van der Waals surface area contributed by atoms with E-state index in [1.807, 2.05) is 44.7 Å². The van der Waals surface area contributed by atoms with Crippen molar-refractivity contribution >= 4 is 41.7 Å². The molecule has 4 aliphatic rings. The molecule has 2 aromatic carbocycles. The van der Waals surface area contributed by atoms with Gasteiger partial charge < -0.3 is 23.8 Å². The summed E-state index contributed by atoms with van der Waals surface area (Å²) < 4.78 is 58.9. The smallest absolute Gasteiger partial charge is 0.410 e. The number of carbonyl (C=O) groups excluding carboxylic acids is 1. The SMILES string of the molecule is CC(C)[Si](C#Cc1c(F)ccc2cccc(-c3nc4c5c(nc(OC[C@@H](C)CN6CCOCC6)nc5c3F)N3C[C@H]5CC[C@@H]([C@H]3[C@H](C)O4)N5C(=O)OC(C)(C)C)c12)(C(C)C)C(C)C. The first-order valence-corrected chi connectivity index (χ1v) is 25.2. The van der Waals surface area contributed by atoms with Gasteiger partial charge in [0.25, 0.3) is 0 Å². The quantitative estimate of drug-likeness (QED) is 0.119. The van der Waals surface area contributed by atoms with E-state index >= 15 is 8.78 Å². The number of ether oxygens (including phenoxy) is 4. The molecule has 8 rings (SSSR count). The fourth-order valence-corrected chi connectivity index (χ4v) is 16.2. The number of benzene rings is 2. The van der Waals surface area contributed by atoms with E-state index in [0.29, 0.717) is 70.5 Å². The van der Waals surface area contributed by atoms with Crippen molar-refractivity contribution in [2.75, 3.05) is 50.9 Å². The zero-order chi connectivity index (χ0) is 45.1. The van der Waals surface area contributed by atoms with Crippen LogP contribution in [0.3, 0.4) is 0 Å². The number of piperazine rings is 1. The molecule has 0 saturated carbocycles. The van der Waals surface area contributed by atoms with Crippen molar-refractivity contribution in [1.82, 2.24) is 24.8 Å². The van der Waals surface area contributed by atoms with E-state index in [2.05, 4.69) is 69.7 Å². The van der Waals surface area contributed by atoms with Gasteiger partial charge in [-0.3, -0.25) is 9.80 Å². The summed E-state index contributed by atoms with van der Waals surface area (Å²) in [6.07, 6.45) is 0.626. The molecule has 2 aromatic heterocycles. The second kappa shape index (κ2) is 17.4. The molecule has 2 bridgehead atoms. The summed E-state index contributed by atoms with van der Waals surface area (Å²) in [6.45, 7) is 27.6. The monoisotopic (exact) mass is 882 g/mol. The maximum atomic E-state index is 17.9. The van der Waals surface area contributed by atoms with Crippen LogP contribution in [0, 0.1) is 29.0 Å². The zero-order valence-corrected chi connectivity index (χ0v) is 39.8. The fraction of sp³-hybridized carbons (Fsp3) is 0.592. The molecule has 0 spiro atoms. The minimum absolute atomic E-state index is 0.00232. The van der Waals surface area contributed by atoms with E-state index in [-0.39, 0.29) is 58.8 Å². The van der Waals surface area contributed by atoms with Crippen LogP contribution in [0.2, 0.25) is 16.6 Å². The number of fused-ring (bicyclic) bond motifs is 6. The summed E-state index contributed by atoms with van der Waals surface area (Å²) in [5, 5.41) is 1.52. The standard InChI is InChI=1S/C49H64F2N6O5Si/c1-28(2)63(29(3)4,30(5)6)24-19-35-37(50)17-15-33-13-12-14-36(39(33)35)42-41(51)43-40-45(54-47(53-43)60-27-31(7)25-55-20-22-59-23-21-55)56-26-34-16-18-38(44(56)32(8)61-46(40)52-42)57(34)48(58)62-49(9,10)11/h12-15,17,28-32,34,38,44H,16,18,20-23,25-27H2,1-11H3/t31-,32-,34+,38-,44+/m0/s1. The summed E-state index contributed by atoms with van der Waals surface area (Å²) >= 11 is 0. The second-order valence-electron chi connectivity index (χ2n) is 20.1. The van der Waals surface area contributed by atoms with Gasteiger partial charge in [0.15, 0.2) is 5.82 Å². The Labute approximate surface area is 372 Å². The normalized spacial score (nSPS) is 22.0. The number of amides is 1. The number of carbonyl (C=O) groups is 1. The van der Waals surface area contributed by atoms with Crippen molar-refractivity contribution in [3.05, 3.63) is 47.5 Å². The molecule has 3 saturated heterocycles. The number of hydrogen-bond acceptors (Lipinski definition) is 10. The molecular formula is C49H64F2N6O5Si. The molecule has 11 nitrogen and oxygen atoms in total. The van der Waals surface area contributed by atoms with Crippen molar-refractivity contribution in [3.63, 3.8) is 0 Å². The molecule has 63 heavy (non-hydrogen) atoms. The number of halogens is 2. The number of aromatic nitrogens is 3. The first-order chi connectivity index (χ1) is 29.9. The van der Waals surface area contributed by atoms with Gasteiger partial charge in [-0.2, -0.15) is 9.97 Å². The Morgan fingerprint density at radius 2 is 1.67 bits per heavy atom. The van der Waals surface area contributed by atoms with Gasteiger partial charge in [-0.15, -0.1) is 5.54 Å². The molecule has 14 heteroatoms. The Kier molecular flexibility index (Phi) is 12.4. The maximum absolute atomic E-state index is 17.9. The Hall–Kier alpha value is -4.58. The van der Waals surface area contributed by atoms with Crippen molar-refractivity contribution in [2.24, 2.45) is 5.92 Å². The third-order valence-electron chi connectivity index (χ3n) is 13.8. The highest BCUT2D eigenvalue weighted by atomic mass is 28.3. The topological polar surface area (TPSA) is 102 Å². The highest BCUT2D eigenvalue weighted by Gasteiger charge is 2.54. The first kappa shape index (κ1) is 45.0. The molecule has 5 atom stereocenters. The summed E-state index contributed by atoms with van der Waals surface area (Å²) in [5.74, 6) is 2.93. The lowest BCUT2D eigenvalue weighted by Crippen LogP contribution is -2.65.